The summed E-state index contributed by atoms with van der Waals surface area (Å²) in [4.78, 5) is 18.2. The van der Waals surface area contributed by atoms with E-state index < -0.39 is 11.9 Å². The smallest absolute Gasteiger partial charge is 0.414 e. The van der Waals surface area contributed by atoms with Crippen LogP contribution in [0.3, 0.4) is 0 Å². The zero-order valence-corrected chi connectivity index (χ0v) is 16.1. The lowest BCUT2D eigenvalue weighted by Gasteiger charge is -2.12. The maximum Gasteiger partial charge on any atom is 0.414 e. The van der Waals surface area contributed by atoms with E-state index in [2.05, 4.69) is 44.3 Å². The molecule has 1 rings (SSSR count). The van der Waals surface area contributed by atoms with Crippen LogP contribution in [-0.4, -0.2) is 55.6 Å². The third-order valence-electron chi connectivity index (χ3n) is 3.39. The fourth-order valence-corrected chi connectivity index (χ4v) is 2.05. The predicted octanol–water partition coefficient (Wildman–Crippen LogP) is 2.67. The third-order valence-corrected chi connectivity index (χ3v) is 3.39. The number of rotatable bonds is 10. The third kappa shape index (κ3) is 12.3. The average molecular weight is 369 g/mol. The maximum absolute atomic E-state index is 9.10. The molecule has 26 heavy (non-hydrogen) atoms. The molecule has 0 fully saturated rings. The van der Waals surface area contributed by atoms with Crippen LogP contribution in [0, 0.1) is 6.92 Å². The van der Waals surface area contributed by atoms with E-state index in [1.54, 1.807) is 7.11 Å². The Kier molecular flexibility index (Phi) is 12.9. The summed E-state index contributed by atoms with van der Waals surface area (Å²) in [7, 11) is 1.74. The molecule has 0 radical (unpaired) electrons. The van der Waals surface area contributed by atoms with Crippen molar-refractivity contribution in [3.63, 3.8) is 0 Å². The molecule has 0 heterocycles. The van der Waals surface area contributed by atoms with Gasteiger partial charge in [-0.15, -0.1) is 0 Å². The molecule has 0 atom stereocenters. The van der Waals surface area contributed by atoms with Crippen LogP contribution in [0.25, 0.3) is 0 Å². The van der Waals surface area contributed by atoms with E-state index in [0.717, 1.165) is 44.9 Å². The summed E-state index contributed by atoms with van der Waals surface area (Å²) < 4.78 is 10.8. The number of carboxylic acid groups (broad SMARTS) is 2. The van der Waals surface area contributed by atoms with Crippen molar-refractivity contribution < 1.29 is 29.3 Å². The van der Waals surface area contributed by atoms with Crippen LogP contribution in [0.4, 0.5) is 0 Å². The summed E-state index contributed by atoms with van der Waals surface area (Å²) in [5, 5.41) is 18.2. The van der Waals surface area contributed by atoms with Crippen molar-refractivity contribution in [1.29, 1.82) is 0 Å². The van der Waals surface area contributed by atoms with Crippen LogP contribution in [0.2, 0.25) is 0 Å². The molecule has 148 valence electrons. The molecule has 1 aromatic rings. The van der Waals surface area contributed by atoms with E-state index in [-0.39, 0.29) is 0 Å². The fourth-order valence-electron chi connectivity index (χ4n) is 2.05. The van der Waals surface area contributed by atoms with E-state index in [4.69, 9.17) is 29.3 Å². The molecule has 0 unspecified atom stereocenters. The number of aliphatic carboxylic acids is 2. The molecule has 0 aliphatic heterocycles. The number of benzene rings is 1. The average Bonchev–Trinajstić information content (AvgIpc) is 2.57. The number of carbonyl (C=O) groups is 2. The lowest BCUT2D eigenvalue weighted by atomic mass is 10.0. The Hall–Kier alpha value is -2.12. The topological polar surface area (TPSA) is 105 Å². The summed E-state index contributed by atoms with van der Waals surface area (Å²) in [6.07, 6.45) is 2.09. The van der Waals surface area contributed by atoms with Gasteiger partial charge >= 0.3 is 11.9 Å². The SMILES string of the molecule is COCCCNCCCOc1cc(C)cc(C(C)C)c1.O=C(O)C(=O)O. The van der Waals surface area contributed by atoms with Gasteiger partial charge in [0.1, 0.15) is 5.75 Å². The second kappa shape index (κ2) is 14.1. The lowest BCUT2D eigenvalue weighted by molar-refractivity contribution is -0.159. The Labute approximate surface area is 155 Å². The highest BCUT2D eigenvalue weighted by Crippen LogP contribution is 2.22. The molecule has 7 heteroatoms. The Morgan fingerprint density at radius 3 is 2.12 bits per heavy atom. The number of ether oxygens (including phenoxy) is 2. The quantitative estimate of drug-likeness (QED) is 0.430. The molecule has 0 saturated carbocycles. The van der Waals surface area contributed by atoms with Gasteiger partial charge in [0, 0.05) is 13.7 Å². The molecule has 1 aromatic carbocycles. The number of nitrogens with one attached hydrogen (secondary N) is 1. The fraction of sp³-hybridized carbons (Fsp3) is 0.579. The summed E-state index contributed by atoms with van der Waals surface area (Å²) in [6.45, 7) is 10.1. The molecular formula is C19H31NO6. The highest BCUT2D eigenvalue weighted by Gasteiger charge is 2.04. The lowest BCUT2D eigenvalue weighted by Crippen LogP contribution is -2.19. The minimum Gasteiger partial charge on any atom is -0.494 e. The van der Waals surface area contributed by atoms with Gasteiger partial charge in [-0.05, 0) is 62.0 Å². The standard InChI is InChI=1S/C17H29NO2.C2H2O4/c1-14(2)16-11-15(3)12-17(13-16)20-10-6-8-18-7-5-9-19-4;3-1(4)2(5)6/h11-14,18H,5-10H2,1-4H3;(H,3,4)(H,5,6). The van der Waals surface area contributed by atoms with Crippen molar-refractivity contribution in [3.05, 3.63) is 29.3 Å². The Balaban J connectivity index is 0.000000896. The Morgan fingerprint density at radius 2 is 1.62 bits per heavy atom. The molecular weight excluding hydrogens is 338 g/mol. The molecule has 0 saturated heterocycles. The molecule has 0 aromatic heterocycles. The van der Waals surface area contributed by atoms with E-state index in [1.807, 2.05) is 0 Å². The highest BCUT2D eigenvalue weighted by atomic mass is 16.5. The van der Waals surface area contributed by atoms with Crippen molar-refractivity contribution in [1.82, 2.24) is 5.32 Å². The van der Waals surface area contributed by atoms with E-state index in [9.17, 15) is 0 Å². The molecule has 0 bridgehead atoms. The molecule has 3 N–H and O–H groups in total. The van der Waals surface area contributed by atoms with Crippen molar-refractivity contribution in [2.24, 2.45) is 0 Å². The van der Waals surface area contributed by atoms with E-state index in [1.165, 1.54) is 11.1 Å². The first-order chi connectivity index (χ1) is 12.3. The van der Waals surface area contributed by atoms with Gasteiger partial charge in [0.15, 0.2) is 0 Å². The van der Waals surface area contributed by atoms with Gasteiger partial charge in [0.05, 0.1) is 6.61 Å². The number of methoxy groups -OCH3 is 1. The molecule has 0 amide bonds. The van der Waals surface area contributed by atoms with Gasteiger partial charge in [-0.3, -0.25) is 0 Å². The molecule has 7 nitrogen and oxygen atoms in total. The van der Waals surface area contributed by atoms with Crippen molar-refractivity contribution in [3.8, 4) is 5.75 Å². The van der Waals surface area contributed by atoms with Crippen LogP contribution < -0.4 is 10.1 Å². The van der Waals surface area contributed by atoms with Gasteiger partial charge in [-0.25, -0.2) is 9.59 Å². The van der Waals surface area contributed by atoms with Gasteiger partial charge < -0.3 is 25.0 Å². The highest BCUT2D eigenvalue weighted by molar-refractivity contribution is 6.27. The zero-order valence-electron chi connectivity index (χ0n) is 16.1. The van der Waals surface area contributed by atoms with Crippen LogP contribution in [0.5, 0.6) is 5.75 Å². The predicted molar refractivity (Wildman–Crippen MR) is 100 cm³/mol. The maximum atomic E-state index is 9.10. The minimum absolute atomic E-state index is 0.541. The van der Waals surface area contributed by atoms with E-state index in [0.29, 0.717) is 5.92 Å². The summed E-state index contributed by atoms with van der Waals surface area (Å²) in [5.41, 5.74) is 2.61. The minimum atomic E-state index is -1.82. The van der Waals surface area contributed by atoms with Crippen molar-refractivity contribution >= 4 is 11.9 Å². The second-order valence-corrected chi connectivity index (χ2v) is 6.14. The molecule has 0 spiro atoms. The second-order valence-electron chi connectivity index (χ2n) is 6.14. The van der Waals surface area contributed by atoms with Crippen LogP contribution >= 0.6 is 0 Å². The normalized spacial score (nSPS) is 10.2. The molecule has 0 aliphatic carbocycles. The number of carboxylic acids is 2. The Bertz CT molecular complexity index is 533. The summed E-state index contributed by atoms with van der Waals surface area (Å²) in [6, 6.07) is 6.50. The number of hydrogen-bond acceptors (Lipinski definition) is 5. The first kappa shape index (κ1) is 23.9. The number of aryl methyl sites for hydroxylation is 1. The Morgan fingerprint density at radius 1 is 1.04 bits per heavy atom. The molecule has 0 aliphatic rings. The van der Waals surface area contributed by atoms with E-state index >= 15 is 0 Å². The monoisotopic (exact) mass is 369 g/mol. The van der Waals surface area contributed by atoms with Crippen LogP contribution in [0.15, 0.2) is 18.2 Å². The largest absolute Gasteiger partial charge is 0.494 e. The van der Waals surface area contributed by atoms with Crippen LogP contribution in [0.1, 0.15) is 43.7 Å². The zero-order chi connectivity index (χ0) is 19.9. The first-order valence-electron chi connectivity index (χ1n) is 8.68. The van der Waals surface area contributed by atoms with Gasteiger partial charge in [0.2, 0.25) is 0 Å². The van der Waals surface area contributed by atoms with Crippen molar-refractivity contribution in [2.75, 3.05) is 33.4 Å². The van der Waals surface area contributed by atoms with Gasteiger partial charge in [0.25, 0.3) is 0 Å². The van der Waals surface area contributed by atoms with Crippen LogP contribution in [-0.2, 0) is 14.3 Å². The van der Waals surface area contributed by atoms with Gasteiger partial charge in [-0.1, -0.05) is 19.9 Å². The summed E-state index contributed by atoms with van der Waals surface area (Å²) in [5.74, 6) is -2.11. The summed E-state index contributed by atoms with van der Waals surface area (Å²) >= 11 is 0. The van der Waals surface area contributed by atoms with Gasteiger partial charge in [-0.2, -0.15) is 0 Å². The van der Waals surface area contributed by atoms with Crippen molar-refractivity contribution in [2.45, 2.75) is 39.5 Å². The number of hydrogen-bond donors (Lipinski definition) is 3. The first-order valence-corrected chi connectivity index (χ1v) is 8.68.